The summed E-state index contributed by atoms with van der Waals surface area (Å²) in [5.41, 5.74) is 2.66. The summed E-state index contributed by atoms with van der Waals surface area (Å²) in [6.45, 7) is 3.79. The Morgan fingerprint density at radius 2 is 1.47 bits per heavy atom. The zero-order valence-corrected chi connectivity index (χ0v) is 25.5. The van der Waals surface area contributed by atoms with E-state index in [2.05, 4.69) is 40.1 Å². The number of anilines is 2. The average molecular weight is 605 g/mol. The molecule has 0 atom stereocenters. The van der Waals surface area contributed by atoms with Crippen LogP contribution in [0.4, 0.5) is 16.2 Å². The number of rotatable bonds is 18. The van der Waals surface area contributed by atoms with E-state index >= 15 is 0 Å². The van der Waals surface area contributed by atoms with Gasteiger partial charge < -0.3 is 20.3 Å². The molecule has 2 amide bonds. The second-order valence-electron chi connectivity index (χ2n) is 9.83. The molecule has 1 aliphatic heterocycles. The first kappa shape index (κ1) is 32.1. The fourth-order valence-electron chi connectivity index (χ4n) is 4.46. The van der Waals surface area contributed by atoms with Crippen LogP contribution in [0.5, 0.6) is 5.75 Å². The van der Waals surface area contributed by atoms with Gasteiger partial charge in [0.1, 0.15) is 5.75 Å². The Morgan fingerprint density at radius 3 is 2.11 bits per heavy atom. The van der Waals surface area contributed by atoms with Crippen molar-refractivity contribution in [2.75, 3.05) is 23.1 Å². The molecule has 7 heteroatoms. The third-order valence-electron chi connectivity index (χ3n) is 6.63. The Labute approximate surface area is 244 Å². The molecule has 0 bridgehead atoms. The van der Waals surface area contributed by atoms with Crippen LogP contribution in [0.2, 0.25) is 0 Å². The highest BCUT2D eigenvalue weighted by Gasteiger charge is 2.11. The van der Waals surface area contributed by atoms with Crippen molar-refractivity contribution in [3.63, 3.8) is 0 Å². The van der Waals surface area contributed by atoms with E-state index in [-0.39, 0.29) is 23.0 Å². The van der Waals surface area contributed by atoms with Gasteiger partial charge in [-0.1, -0.05) is 95.8 Å². The van der Waals surface area contributed by atoms with Crippen molar-refractivity contribution in [3.8, 4) is 5.75 Å². The van der Waals surface area contributed by atoms with Crippen LogP contribution in [-0.2, 0) is 6.54 Å². The minimum Gasteiger partial charge on any atom is -0.494 e. The number of carbonyl (C=O) groups excluding carboxylic acids is 1. The van der Waals surface area contributed by atoms with Gasteiger partial charge in [-0.2, -0.15) is 0 Å². The summed E-state index contributed by atoms with van der Waals surface area (Å²) in [5, 5.41) is 8.00. The maximum atomic E-state index is 12.6. The smallest absolute Gasteiger partial charge is 0.323 e. The Morgan fingerprint density at radius 1 is 0.842 bits per heavy atom. The van der Waals surface area contributed by atoms with Gasteiger partial charge in [-0.3, -0.25) is 0 Å². The number of para-hydroxylation sites is 1. The van der Waals surface area contributed by atoms with Gasteiger partial charge in [0.05, 0.1) is 12.5 Å². The minimum atomic E-state index is -0.246. The van der Waals surface area contributed by atoms with Crippen LogP contribution in [0, 0.1) is 0 Å². The van der Waals surface area contributed by atoms with Crippen molar-refractivity contribution in [1.82, 2.24) is 4.90 Å². The van der Waals surface area contributed by atoms with E-state index in [9.17, 15) is 4.79 Å². The number of ether oxygens (including phenoxy) is 1. The largest absolute Gasteiger partial charge is 0.494 e. The highest BCUT2D eigenvalue weighted by atomic mass is 79.9. The first-order chi connectivity index (χ1) is 18.2. The van der Waals surface area contributed by atoms with E-state index < -0.39 is 0 Å². The van der Waals surface area contributed by atoms with Gasteiger partial charge in [0.15, 0.2) is 0 Å². The Hall–Kier alpha value is -2.12. The van der Waals surface area contributed by atoms with E-state index in [4.69, 9.17) is 4.74 Å². The number of urea groups is 1. The van der Waals surface area contributed by atoms with Gasteiger partial charge in [0.2, 0.25) is 0 Å². The zero-order valence-electron chi connectivity index (χ0n) is 23.0. The molecule has 0 unspecified atom stereocenters. The number of unbranched alkanes of at least 4 members (excludes halogenated alkanes) is 11. The lowest BCUT2D eigenvalue weighted by Gasteiger charge is -2.18. The van der Waals surface area contributed by atoms with Crippen LogP contribution in [0.15, 0.2) is 60.1 Å². The molecule has 0 aliphatic carbocycles. The summed E-state index contributed by atoms with van der Waals surface area (Å²) >= 11 is 1.77. The molecule has 0 saturated heterocycles. The molecule has 0 radical (unpaired) electrons. The maximum Gasteiger partial charge on any atom is 0.323 e. The number of benzene rings is 2. The molecule has 0 fully saturated rings. The number of hydrogen-bond acceptors (Lipinski definition) is 4. The molecule has 210 valence electrons. The molecule has 0 saturated carbocycles. The summed E-state index contributed by atoms with van der Waals surface area (Å²) in [6, 6.07) is 15.3. The van der Waals surface area contributed by atoms with Crippen molar-refractivity contribution < 1.29 is 9.53 Å². The molecular weight excluding hydrogens is 558 g/mol. The molecule has 0 spiro atoms. The van der Waals surface area contributed by atoms with Gasteiger partial charge in [0.25, 0.3) is 0 Å². The zero-order chi connectivity index (χ0) is 26.0. The summed E-state index contributed by atoms with van der Waals surface area (Å²) in [6.07, 6.45) is 18.2. The second-order valence-corrected chi connectivity index (χ2v) is 10.7. The number of hydrogen-bond donors (Lipinski definition) is 2. The van der Waals surface area contributed by atoms with Gasteiger partial charge in [0, 0.05) is 24.1 Å². The standard InChI is InChI=1S/C31H45N3O2S.BrH/c1-2-3-4-5-6-7-8-9-10-11-12-15-23-36-29-20-18-28(19-21-29)32-31(35)33-30-17-14-13-16-27(30)25-34-22-24-37-26-34;/h13-14,16-22,24H,2-12,15,23,25-26H2,1H3,(H2,32,33,35);1H. The predicted octanol–water partition coefficient (Wildman–Crippen LogP) is 9.97. The van der Waals surface area contributed by atoms with E-state index in [0.717, 1.165) is 48.1 Å². The molecular formula is C31H46BrN3O2S. The average Bonchev–Trinajstić information content (AvgIpc) is 3.42. The van der Waals surface area contributed by atoms with Crippen LogP contribution < -0.4 is 15.4 Å². The lowest BCUT2D eigenvalue weighted by molar-refractivity contribution is 0.262. The lowest BCUT2D eigenvalue weighted by atomic mass is 10.1. The minimum absolute atomic E-state index is 0. The molecule has 5 nitrogen and oxygen atoms in total. The molecule has 0 aromatic heterocycles. The highest BCUT2D eigenvalue weighted by molar-refractivity contribution is 8.93. The first-order valence-electron chi connectivity index (χ1n) is 14.2. The first-order valence-corrected chi connectivity index (χ1v) is 15.2. The normalized spacial score (nSPS) is 12.3. The predicted molar refractivity (Wildman–Crippen MR) is 170 cm³/mol. The Balaban J connectivity index is 0.00000507. The summed E-state index contributed by atoms with van der Waals surface area (Å²) in [4.78, 5) is 14.8. The Bertz CT molecular complexity index is 939. The summed E-state index contributed by atoms with van der Waals surface area (Å²) in [7, 11) is 0. The van der Waals surface area contributed by atoms with Crippen molar-refractivity contribution in [1.29, 1.82) is 0 Å². The molecule has 1 heterocycles. The lowest BCUT2D eigenvalue weighted by Crippen LogP contribution is -2.21. The number of nitrogens with zero attached hydrogens (tertiary/aromatic N) is 1. The number of thioether (sulfide) groups is 1. The number of amides is 2. The number of halogens is 1. The van der Waals surface area contributed by atoms with Crippen LogP contribution in [0.3, 0.4) is 0 Å². The summed E-state index contributed by atoms with van der Waals surface area (Å²) < 4.78 is 5.89. The molecule has 3 rings (SSSR count). The van der Waals surface area contributed by atoms with E-state index in [1.807, 2.05) is 42.5 Å². The number of nitrogens with one attached hydrogen (secondary N) is 2. The van der Waals surface area contributed by atoms with Gasteiger partial charge in [-0.25, -0.2) is 4.79 Å². The topological polar surface area (TPSA) is 53.6 Å². The van der Waals surface area contributed by atoms with Crippen LogP contribution in [-0.4, -0.2) is 23.4 Å². The van der Waals surface area contributed by atoms with Crippen molar-refractivity contribution in [2.45, 2.75) is 90.5 Å². The van der Waals surface area contributed by atoms with Crippen molar-refractivity contribution in [3.05, 3.63) is 65.7 Å². The van der Waals surface area contributed by atoms with Gasteiger partial charge >= 0.3 is 6.03 Å². The van der Waals surface area contributed by atoms with Crippen LogP contribution in [0.25, 0.3) is 0 Å². The van der Waals surface area contributed by atoms with E-state index in [1.165, 1.54) is 70.6 Å². The van der Waals surface area contributed by atoms with Gasteiger partial charge in [-0.05, 0) is 47.7 Å². The van der Waals surface area contributed by atoms with Crippen LogP contribution >= 0.6 is 28.7 Å². The molecule has 1 aliphatic rings. The Kier molecular flexibility index (Phi) is 16.8. The second kappa shape index (κ2) is 19.9. The highest BCUT2D eigenvalue weighted by Crippen LogP contribution is 2.23. The SMILES string of the molecule is Br.CCCCCCCCCCCCCCOc1ccc(NC(=O)Nc2ccccc2CN2C=CSC2)cc1. The monoisotopic (exact) mass is 603 g/mol. The molecule has 2 aromatic rings. The quantitative estimate of drug-likeness (QED) is 0.166. The van der Waals surface area contributed by atoms with Gasteiger partial charge in [-0.15, -0.1) is 28.7 Å². The third-order valence-corrected chi connectivity index (χ3v) is 7.42. The number of carbonyl (C=O) groups is 1. The molecule has 2 aromatic carbocycles. The maximum absolute atomic E-state index is 12.6. The summed E-state index contributed by atoms with van der Waals surface area (Å²) in [5.74, 6) is 1.78. The van der Waals surface area contributed by atoms with E-state index in [1.54, 1.807) is 11.8 Å². The fraction of sp³-hybridized carbons (Fsp3) is 0.516. The fourth-order valence-corrected chi connectivity index (χ4v) is 5.17. The van der Waals surface area contributed by atoms with Crippen molar-refractivity contribution >= 4 is 46.1 Å². The molecule has 2 N–H and O–H groups in total. The van der Waals surface area contributed by atoms with Crippen molar-refractivity contribution in [2.24, 2.45) is 0 Å². The molecule has 38 heavy (non-hydrogen) atoms. The van der Waals surface area contributed by atoms with E-state index in [0.29, 0.717) is 0 Å². The third kappa shape index (κ3) is 13.1. The van der Waals surface area contributed by atoms with Crippen LogP contribution in [0.1, 0.15) is 89.5 Å².